The number of aromatic amines is 1. The number of rotatable bonds is 7. The predicted octanol–water partition coefficient (Wildman–Crippen LogP) is 8.28. The van der Waals surface area contributed by atoms with E-state index >= 15 is 4.39 Å². The number of ether oxygens (including phenoxy) is 4. The fraction of sp³-hybridized carbons (Fsp3) is 0.188. The number of benzene rings is 4. The van der Waals surface area contributed by atoms with Gasteiger partial charge in [-0.05, 0) is 49.4 Å². The van der Waals surface area contributed by atoms with E-state index in [0.717, 1.165) is 0 Å². The van der Waals surface area contributed by atoms with Gasteiger partial charge in [-0.15, -0.1) is 0 Å². The molecule has 248 valence electrons. The summed E-state index contributed by atoms with van der Waals surface area (Å²) in [7, 11) is 2.64. The Bertz CT molecular complexity index is 2260. The van der Waals surface area contributed by atoms with Gasteiger partial charge in [-0.25, -0.2) is 14.4 Å². The van der Waals surface area contributed by atoms with E-state index in [-0.39, 0.29) is 55.4 Å². The SMILES string of the molecule is COc1cc(-c2nc3c(Cl)c(Cl)ccc3n2C2(C)COC2Oc2c(O)c(OC)cc(-c3nc4cc(Cl)c(Cl)cc4[nH]3)c2F)cc(O)c1O. The van der Waals surface area contributed by atoms with Crippen LogP contribution >= 0.6 is 46.4 Å². The zero-order valence-corrected chi connectivity index (χ0v) is 28.1. The minimum atomic E-state index is -1.22. The average molecular weight is 736 g/mol. The van der Waals surface area contributed by atoms with E-state index in [4.69, 9.17) is 70.3 Å². The largest absolute Gasteiger partial charge is 0.504 e. The fourth-order valence-corrected chi connectivity index (χ4v) is 6.35. The van der Waals surface area contributed by atoms with Crippen molar-refractivity contribution in [1.29, 1.82) is 0 Å². The third-order valence-corrected chi connectivity index (χ3v) is 9.70. The minimum absolute atomic E-state index is 0.0124. The second-order valence-corrected chi connectivity index (χ2v) is 12.8. The standard InChI is InChI=1S/C32H23Cl4FN4O7/c1-32(41-19-5-4-14(33)23(36)25(19)40-30(41)12-6-20(42)26(43)21(7-12)45-2)11-47-31(32)48-28-24(37)13(8-22(46-3)27(28)44)29-38-17-9-15(34)16(35)10-18(17)39-29/h4-10,31,42-44H,11H2,1-3H3,(H,38,39). The molecule has 48 heavy (non-hydrogen) atoms. The number of imidazole rings is 2. The summed E-state index contributed by atoms with van der Waals surface area (Å²) in [5.41, 5.74) is 0.876. The summed E-state index contributed by atoms with van der Waals surface area (Å²) in [6.45, 7) is 1.82. The average Bonchev–Trinajstić information content (AvgIpc) is 3.65. The second kappa shape index (κ2) is 11.7. The Hall–Kier alpha value is -4.33. The molecule has 4 N–H and O–H groups in total. The van der Waals surface area contributed by atoms with Crippen molar-refractivity contribution in [2.45, 2.75) is 18.8 Å². The van der Waals surface area contributed by atoms with Gasteiger partial charge >= 0.3 is 0 Å². The lowest BCUT2D eigenvalue weighted by Crippen LogP contribution is -2.60. The van der Waals surface area contributed by atoms with Crippen LogP contribution in [0.15, 0.2) is 42.5 Å². The Morgan fingerprint density at radius 2 is 1.65 bits per heavy atom. The highest BCUT2D eigenvalue weighted by molar-refractivity contribution is 6.45. The number of H-pyrrole nitrogens is 1. The van der Waals surface area contributed by atoms with Gasteiger partial charge in [0.15, 0.2) is 23.1 Å². The summed E-state index contributed by atoms with van der Waals surface area (Å²) < 4.78 is 40.7. The molecule has 2 aromatic heterocycles. The first-order valence-electron chi connectivity index (χ1n) is 14.1. The first-order valence-corrected chi connectivity index (χ1v) is 15.6. The number of halogens is 5. The van der Waals surface area contributed by atoms with Gasteiger partial charge in [-0.2, -0.15) is 0 Å². The molecule has 1 aliphatic rings. The zero-order chi connectivity index (χ0) is 34.2. The molecule has 2 unspecified atom stereocenters. The molecular weight excluding hydrogens is 713 g/mol. The van der Waals surface area contributed by atoms with Crippen LogP contribution in [0.2, 0.25) is 20.1 Å². The third-order valence-electron chi connectivity index (χ3n) is 8.18. The van der Waals surface area contributed by atoms with Crippen LogP contribution in [0.25, 0.3) is 44.8 Å². The van der Waals surface area contributed by atoms with E-state index < -0.39 is 40.6 Å². The number of hydrogen-bond acceptors (Lipinski definition) is 9. The second-order valence-electron chi connectivity index (χ2n) is 11.2. The van der Waals surface area contributed by atoms with Crippen LogP contribution in [-0.4, -0.2) is 62.0 Å². The van der Waals surface area contributed by atoms with Crippen molar-refractivity contribution in [3.63, 3.8) is 0 Å². The third kappa shape index (κ3) is 4.89. The van der Waals surface area contributed by atoms with Crippen molar-refractivity contribution in [3.05, 3.63) is 68.4 Å². The molecule has 0 saturated carbocycles. The summed E-state index contributed by atoms with van der Waals surface area (Å²) in [6, 6.07) is 10.4. The van der Waals surface area contributed by atoms with Crippen molar-refractivity contribution in [1.82, 2.24) is 19.5 Å². The molecule has 1 aliphatic heterocycles. The Morgan fingerprint density at radius 1 is 0.938 bits per heavy atom. The van der Waals surface area contributed by atoms with Crippen LogP contribution in [0.4, 0.5) is 4.39 Å². The highest BCUT2D eigenvalue weighted by atomic mass is 35.5. The quantitative estimate of drug-likeness (QED) is 0.119. The molecule has 0 bridgehead atoms. The molecule has 1 fully saturated rings. The van der Waals surface area contributed by atoms with Gasteiger partial charge in [0.1, 0.15) is 22.7 Å². The Kier molecular flexibility index (Phi) is 7.84. The maximum atomic E-state index is 16.4. The molecule has 11 nitrogen and oxygen atoms in total. The van der Waals surface area contributed by atoms with Gasteiger partial charge in [-0.1, -0.05) is 46.4 Å². The summed E-state index contributed by atoms with van der Waals surface area (Å²) in [5.74, 6) is -2.80. The summed E-state index contributed by atoms with van der Waals surface area (Å²) in [4.78, 5) is 12.2. The Morgan fingerprint density at radius 3 is 2.33 bits per heavy atom. The molecule has 0 spiro atoms. The molecule has 7 rings (SSSR count). The summed E-state index contributed by atoms with van der Waals surface area (Å²) >= 11 is 25.2. The Labute approximate surface area is 290 Å². The summed E-state index contributed by atoms with van der Waals surface area (Å²) in [6.07, 6.45) is -1.22. The molecule has 1 saturated heterocycles. The van der Waals surface area contributed by atoms with Gasteiger partial charge in [-0.3, -0.25) is 0 Å². The molecule has 6 aromatic rings. The van der Waals surface area contributed by atoms with Crippen LogP contribution in [0.3, 0.4) is 0 Å². The molecule has 3 heterocycles. The fourth-order valence-electron chi connectivity index (χ4n) is 5.67. The van der Waals surface area contributed by atoms with E-state index in [0.29, 0.717) is 27.6 Å². The number of hydrogen-bond donors (Lipinski definition) is 4. The molecular formula is C32H23Cl4FN4O7. The highest BCUT2D eigenvalue weighted by Crippen LogP contribution is 2.49. The number of nitrogens with zero attached hydrogens (tertiary/aromatic N) is 3. The number of methoxy groups -OCH3 is 2. The van der Waals surface area contributed by atoms with E-state index in [1.807, 2.05) is 0 Å². The lowest BCUT2D eigenvalue weighted by molar-refractivity contribution is -0.255. The van der Waals surface area contributed by atoms with Crippen LogP contribution in [0.1, 0.15) is 6.92 Å². The smallest absolute Gasteiger partial charge is 0.226 e. The lowest BCUT2D eigenvalue weighted by atomic mass is 9.95. The number of nitrogens with one attached hydrogen (secondary N) is 1. The van der Waals surface area contributed by atoms with E-state index in [9.17, 15) is 15.3 Å². The van der Waals surface area contributed by atoms with Gasteiger partial charge in [0, 0.05) is 5.56 Å². The van der Waals surface area contributed by atoms with Gasteiger partial charge in [0.05, 0.1) is 63.0 Å². The van der Waals surface area contributed by atoms with Gasteiger partial charge < -0.3 is 43.8 Å². The minimum Gasteiger partial charge on any atom is -0.504 e. The molecule has 4 aromatic carbocycles. The van der Waals surface area contributed by atoms with Crippen LogP contribution in [0, 0.1) is 5.82 Å². The first kappa shape index (κ1) is 32.2. The molecule has 0 amide bonds. The van der Waals surface area contributed by atoms with E-state index in [1.165, 1.54) is 38.5 Å². The Balaban J connectivity index is 1.36. The van der Waals surface area contributed by atoms with Crippen molar-refractivity contribution < 1.29 is 38.7 Å². The zero-order valence-electron chi connectivity index (χ0n) is 25.0. The molecule has 0 radical (unpaired) electrons. The number of fused-ring (bicyclic) bond motifs is 2. The maximum Gasteiger partial charge on any atom is 0.226 e. The molecule has 16 heteroatoms. The van der Waals surface area contributed by atoms with Crippen molar-refractivity contribution in [2.75, 3.05) is 20.8 Å². The van der Waals surface area contributed by atoms with Crippen molar-refractivity contribution in [3.8, 4) is 57.3 Å². The molecule has 2 atom stereocenters. The van der Waals surface area contributed by atoms with Gasteiger partial charge in [0.2, 0.25) is 23.5 Å². The highest BCUT2D eigenvalue weighted by Gasteiger charge is 2.51. The monoisotopic (exact) mass is 734 g/mol. The maximum absolute atomic E-state index is 16.4. The summed E-state index contributed by atoms with van der Waals surface area (Å²) in [5, 5.41) is 32.8. The van der Waals surface area contributed by atoms with E-state index in [1.54, 1.807) is 29.7 Å². The van der Waals surface area contributed by atoms with Crippen LogP contribution < -0.4 is 14.2 Å². The van der Waals surface area contributed by atoms with Crippen LogP contribution in [0.5, 0.6) is 34.5 Å². The number of phenols is 3. The van der Waals surface area contributed by atoms with Crippen molar-refractivity contribution in [2.24, 2.45) is 0 Å². The number of phenolic OH excluding ortho intramolecular Hbond substituents is 3. The topological polar surface area (TPSA) is 144 Å². The normalized spacial score (nSPS) is 17.5. The first-order chi connectivity index (χ1) is 22.9. The van der Waals surface area contributed by atoms with E-state index in [2.05, 4.69) is 9.97 Å². The van der Waals surface area contributed by atoms with Crippen molar-refractivity contribution >= 4 is 68.5 Å². The predicted molar refractivity (Wildman–Crippen MR) is 179 cm³/mol. The number of aromatic nitrogens is 4. The van der Waals surface area contributed by atoms with Gasteiger partial charge in [0.25, 0.3) is 0 Å². The number of aromatic hydroxyl groups is 3. The van der Waals surface area contributed by atoms with Crippen LogP contribution in [-0.2, 0) is 10.3 Å². The lowest BCUT2D eigenvalue weighted by Gasteiger charge is -2.47. The molecule has 0 aliphatic carbocycles.